The Balaban J connectivity index is 2.06. The summed E-state index contributed by atoms with van der Waals surface area (Å²) in [5.41, 5.74) is 2.02. The molecule has 5 heteroatoms. The molecular formula is C17H18N2O2S. The van der Waals surface area contributed by atoms with Crippen LogP contribution in [0.1, 0.15) is 24.7 Å². The summed E-state index contributed by atoms with van der Waals surface area (Å²) in [6.45, 7) is 5.04. The van der Waals surface area contributed by atoms with Gasteiger partial charge in [-0.2, -0.15) is 0 Å². The SMILES string of the molecule is CCCOCc1nc2sc(-c3ccccc3)c(C)c2c(=O)[nH]1. The molecular weight excluding hydrogens is 296 g/mol. The summed E-state index contributed by atoms with van der Waals surface area (Å²) in [4.78, 5) is 21.6. The van der Waals surface area contributed by atoms with Crippen LogP contribution in [0.2, 0.25) is 0 Å². The van der Waals surface area contributed by atoms with E-state index in [1.165, 1.54) is 0 Å². The number of nitrogens with one attached hydrogen (secondary N) is 1. The number of nitrogens with zero attached hydrogens (tertiary/aromatic N) is 1. The van der Waals surface area contributed by atoms with E-state index < -0.39 is 0 Å². The van der Waals surface area contributed by atoms with E-state index >= 15 is 0 Å². The molecule has 1 aromatic carbocycles. The summed E-state index contributed by atoms with van der Waals surface area (Å²) < 4.78 is 5.47. The zero-order chi connectivity index (χ0) is 15.5. The van der Waals surface area contributed by atoms with Crippen LogP contribution in [0.5, 0.6) is 0 Å². The molecule has 22 heavy (non-hydrogen) atoms. The number of benzene rings is 1. The van der Waals surface area contributed by atoms with Gasteiger partial charge < -0.3 is 9.72 Å². The number of aryl methyl sites for hydroxylation is 1. The Hall–Kier alpha value is -1.98. The van der Waals surface area contributed by atoms with Gasteiger partial charge >= 0.3 is 0 Å². The number of hydrogen-bond donors (Lipinski definition) is 1. The van der Waals surface area contributed by atoms with Gasteiger partial charge in [0.25, 0.3) is 5.56 Å². The number of aromatic amines is 1. The van der Waals surface area contributed by atoms with Crippen LogP contribution in [0.15, 0.2) is 35.1 Å². The highest BCUT2D eigenvalue weighted by molar-refractivity contribution is 7.22. The number of hydrogen-bond acceptors (Lipinski definition) is 4. The minimum absolute atomic E-state index is 0.0870. The van der Waals surface area contributed by atoms with Crippen LogP contribution in [-0.2, 0) is 11.3 Å². The van der Waals surface area contributed by atoms with Crippen LogP contribution in [0.3, 0.4) is 0 Å². The largest absolute Gasteiger partial charge is 0.374 e. The zero-order valence-electron chi connectivity index (χ0n) is 12.7. The molecule has 3 aromatic rings. The van der Waals surface area contributed by atoms with E-state index in [1.54, 1.807) is 11.3 Å². The highest BCUT2D eigenvalue weighted by Gasteiger charge is 2.15. The van der Waals surface area contributed by atoms with Gasteiger partial charge in [-0.1, -0.05) is 37.3 Å². The maximum absolute atomic E-state index is 12.4. The number of H-pyrrole nitrogens is 1. The Bertz CT molecular complexity index is 837. The first-order chi connectivity index (χ1) is 10.7. The first-order valence-electron chi connectivity index (χ1n) is 7.36. The number of aromatic nitrogens is 2. The molecule has 2 heterocycles. The molecule has 0 atom stereocenters. The summed E-state index contributed by atoms with van der Waals surface area (Å²) in [7, 11) is 0. The van der Waals surface area contributed by atoms with Crippen molar-refractivity contribution in [1.29, 1.82) is 0 Å². The van der Waals surface area contributed by atoms with Gasteiger partial charge in [0.05, 0.1) is 5.39 Å². The third-order valence-corrected chi connectivity index (χ3v) is 4.71. The van der Waals surface area contributed by atoms with Crippen LogP contribution >= 0.6 is 11.3 Å². The molecule has 0 saturated heterocycles. The molecule has 0 spiro atoms. The van der Waals surface area contributed by atoms with Crippen molar-refractivity contribution in [3.05, 3.63) is 52.1 Å². The first-order valence-corrected chi connectivity index (χ1v) is 8.17. The number of ether oxygens (including phenoxy) is 1. The van der Waals surface area contributed by atoms with Gasteiger partial charge in [-0.3, -0.25) is 4.79 Å². The molecule has 0 aliphatic carbocycles. The van der Waals surface area contributed by atoms with E-state index in [1.807, 2.05) is 32.0 Å². The predicted molar refractivity (Wildman–Crippen MR) is 90.4 cm³/mol. The van der Waals surface area contributed by atoms with Crippen LogP contribution in [-0.4, -0.2) is 16.6 Å². The Labute approximate surface area is 132 Å². The van der Waals surface area contributed by atoms with Crippen molar-refractivity contribution < 1.29 is 4.74 Å². The lowest BCUT2D eigenvalue weighted by Gasteiger charge is -2.01. The topological polar surface area (TPSA) is 55.0 Å². The zero-order valence-corrected chi connectivity index (χ0v) is 13.5. The summed E-state index contributed by atoms with van der Waals surface area (Å²) in [5, 5.41) is 0.683. The maximum Gasteiger partial charge on any atom is 0.260 e. The van der Waals surface area contributed by atoms with Gasteiger partial charge in [-0.25, -0.2) is 4.98 Å². The molecule has 0 bridgehead atoms. The highest BCUT2D eigenvalue weighted by Crippen LogP contribution is 2.35. The minimum atomic E-state index is -0.0870. The molecule has 1 N–H and O–H groups in total. The summed E-state index contributed by atoms with van der Waals surface area (Å²) in [6, 6.07) is 10.1. The lowest BCUT2D eigenvalue weighted by atomic mass is 10.1. The number of thiophene rings is 1. The van der Waals surface area contributed by atoms with Crippen molar-refractivity contribution in [2.75, 3.05) is 6.61 Å². The second-order valence-electron chi connectivity index (χ2n) is 5.17. The second kappa shape index (κ2) is 6.42. The number of rotatable bonds is 5. The van der Waals surface area contributed by atoms with Crippen molar-refractivity contribution in [2.45, 2.75) is 26.9 Å². The quantitative estimate of drug-likeness (QED) is 0.727. The Kier molecular flexibility index (Phi) is 4.36. The number of fused-ring (bicyclic) bond motifs is 1. The van der Waals surface area contributed by atoms with Crippen molar-refractivity contribution in [1.82, 2.24) is 9.97 Å². The fraction of sp³-hybridized carbons (Fsp3) is 0.294. The van der Waals surface area contributed by atoms with Crippen molar-refractivity contribution in [2.24, 2.45) is 0 Å². The first kappa shape index (κ1) is 14.9. The Morgan fingerprint density at radius 1 is 1.27 bits per heavy atom. The highest BCUT2D eigenvalue weighted by atomic mass is 32.1. The van der Waals surface area contributed by atoms with Crippen molar-refractivity contribution in [3.8, 4) is 10.4 Å². The molecule has 0 unspecified atom stereocenters. The lowest BCUT2D eigenvalue weighted by Crippen LogP contribution is -2.12. The van der Waals surface area contributed by atoms with Crippen LogP contribution < -0.4 is 5.56 Å². The smallest absolute Gasteiger partial charge is 0.260 e. The molecule has 0 amide bonds. The average molecular weight is 314 g/mol. The maximum atomic E-state index is 12.4. The van der Waals surface area contributed by atoms with Gasteiger partial charge in [0.2, 0.25) is 0 Å². The molecule has 0 aliphatic rings. The van der Waals surface area contributed by atoms with Gasteiger partial charge in [0, 0.05) is 11.5 Å². The molecule has 0 aliphatic heterocycles. The third-order valence-electron chi connectivity index (χ3n) is 3.47. The van der Waals surface area contributed by atoms with E-state index in [9.17, 15) is 4.79 Å². The summed E-state index contributed by atoms with van der Waals surface area (Å²) >= 11 is 1.56. The lowest BCUT2D eigenvalue weighted by molar-refractivity contribution is 0.116. The standard InChI is InChI=1S/C17H18N2O2S/c1-3-9-21-10-13-18-16(20)14-11(2)15(22-17(14)19-13)12-7-5-4-6-8-12/h4-8H,3,9-10H2,1-2H3,(H,18,19,20). The van der Waals surface area contributed by atoms with E-state index in [4.69, 9.17) is 4.74 Å². The fourth-order valence-corrected chi connectivity index (χ4v) is 3.64. The van der Waals surface area contributed by atoms with E-state index in [0.29, 0.717) is 24.4 Å². The third kappa shape index (κ3) is 2.82. The van der Waals surface area contributed by atoms with Crippen LogP contribution in [0, 0.1) is 6.92 Å². The van der Waals surface area contributed by atoms with E-state index in [-0.39, 0.29) is 5.56 Å². The fourth-order valence-electron chi connectivity index (χ4n) is 2.43. The molecule has 2 aromatic heterocycles. The molecule has 0 radical (unpaired) electrons. The molecule has 114 valence electrons. The summed E-state index contributed by atoms with van der Waals surface area (Å²) in [6.07, 6.45) is 0.947. The average Bonchev–Trinajstić information content (AvgIpc) is 2.86. The molecule has 0 fully saturated rings. The van der Waals surface area contributed by atoms with Gasteiger partial charge in [-0.15, -0.1) is 11.3 Å². The predicted octanol–water partition coefficient (Wildman–Crippen LogP) is 3.89. The van der Waals surface area contributed by atoms with Gasteiger partial charge in [-0.05, 0) is 24.5 Å². The molecule has 0 saturated carbocycles. The van der Waals surface area contributed by atoms with E-state index in [0.717, 1.165) is 27.3 Å². The Morgan fingerprint density at radius 3 is 2.77 bits per heavy atom. The van der Waals surface area contributed by atoms with Crippen molar-refractivity contribution in [3.63, 3.8) is 0 Å². The Morgan fingerprint density at radius 2 is 2.05 bits per heavy atom. The van der Waals surface area contributed by atoms with Crippen LogP contribution in [0.25, 0.3) is 20.7 Å². The van der Waals surface area contributed by atoms with E-state index in [2.05, 4.69) is 22.1 Å². The second-order valence-corrected chi connectivity index (χ2v) is 6.17. The summed E-state index contributed by atoms with van der Waals surface area (Å²) in [5.74, 6) is 0.590. The van der Waals surface area contributed by atoms with Crippen LogP contribution in [0.4, 0.5) is 0 Å². The minimum Gasteiger partial charge on any atom is -0.374 e. The van der Waals surface area contributed by atoms with Gasteiger partial charge in [0.1, 0.15) is 17.3 Å². The molecule has 3 rings (SSSR count). The normalized spacial score (nSPS) is 11.2. The molecule has 4 nitrogen and oxygen atoms in total. The van der Waals surface area contributed by atoms with Gasteiger partial charge in [0.15, 0.2) is 0 Å². The van der Waals surface area contributed by atoms with Crippen molar-refractivity contribution >= 4 is 21.6 Å². The monoisotopic (exact) mass is 314 g/mol.